The normalized spacial score (nSPS) is 12.2. The molecule has 0 spiro atoms. The van der Waals surface area contributed by atoms with E-state index in [2.05, 4.69) is 258 Å². The first-order valence-corrected chi connectivity index (χ1v) is 26.8. The highest BCUT2D eigenvalue weighted by Gasteiger charge is 2.29. The second-order valence-electron chi connectivity index (χ2n) is 21.7. The first kappa shape index (κ1) is 43.1. The molecule has 0 N–H and O–H groups in total. The molecule has 0 saturated carbocycles. The Morgan fingerprint density at radius 3 is 1.30 bits per heavy atom. The van der Waals surface area contributed by atoms with Gasteiger partial charge in [0.05, 0.1) is 0 Å². The van der Waals surface area contributed by atoms with Gasteiger partial charge in [-0.1, -0.05) is 211 Å². The number of hydrogen-bond acceptors (Lipinski definition) is 0. The summed E-state index contributed by atoms with van der Waals surface area (Å²) >= 11 is 0. The van der Waals surface area contributed by atoms with Gasteiger partial charge in [0, 0.05) is 0 Å². The van der Waals surface area contributed by atoms with E-state index >= 15 is 0 Å². The van der Waals surface area contributed by atoms with Crippen molar-refractivity contribution >= 4 is 64.6 Å². The molecule has 2 aliphatic carbocycles. The summed E-state index contributed by atoms with van der Waals surface area (Å²) in [6.07, 6.45) is 0. The SMILES string of the molecule is Cc1cc(C)c2c(c1)-c1cc3c4ccc(C)cc4c(-c4ccc(-c5ccc(-c6cc7c8ccc(-c9ccccc9)c9c8c(cc7c7ccc(-c8ccccc8)cc67)-c6ccccc6-9)cc5)cc4)cc3c3ccc(C)c-2c13. The molecule has 0 nitrogen and oxygen atoms in total. The van der Waals surface area contributed by atoms with Gasteiger partial charge in [0.15, 0.2) is 0 Å². The third-order valence-corrected chi connectivity index (χ3v) is 17.3. The van der Waals surface area contributed by atoms with Gasteiger partial charge in [0.1, 0.15) is 0 Å². The fourth-order valence-electron chi connectivity index (χ4n) is 13.8. The van der Waals surface area contributed by atoms with Crippen molar-refractivity contribution in [1.82, 2.24) is 0 Å². The first-order valence-electron chi connectivity index (χ1n) is 26.8. The van der Waals surface area contributed by atoms with Crippen LogP contribution < -0.4 is 0 Å². The molecular formula is C76H50. The zero-order valence-electron chi connectivity index (χ0n) is 42.9. The van der Waals surface area contributed by atoms with Crippen molar-refractivity contribution in [2.45, 2.75) is 27.7 Å². The Morgan fingerprint density at radius 2 is 0.645 bits per heavy atom. The van der Waals surface area contributed by atoms with Crippen molar-refractivity contribution in [3.63, 3.8) is 0 Å². The molecule has 0 radical (unpaired) electrons. The Hall–Kier alpha value is -9.36. The summed E-state index contributed by atoms with van der Waals surface area (Å²) in [5.41, 5.74) is 28.4. The van der Waals surface area contributed by atoms with Gasteiger partial charge in [-0.25, -0.2) is 0 Å². The summed E-state index contributed by atoms with van der Waals surface area (Å²) in [4.78, 5) is 0. The minimum Gasteiger partial charge on any atom is -0.0622 e. The highest BCUT2D eigenvalue weighted by Crippen LogP contribution is 2.56. The molecule has 14 aromatic carbocycles. The quantitative estimate of drug-likeness (QED) is 0.151. The lowest BCUT2D eigenvalue weighted by Crippen LogP contribution is -1.90. The van der Waals surface area contributed by atoms with Crippen molar-refractivity contribution in [2.75, 3.05) is 0 Å². The summed E-state index contributed by atoms with van der Waals surface area (Å²) < 4.78 is 0. The van der Waals surface area contributed by atoms with Crippen molar-refractivity contribution in [1.29, 1.82) is 0 Å². The van der Waals surface area contributed by atoms with Crippen LogP contribution in [0.1, 0.15) is 22.3 Å². The lowest BCUT2D eigenvalue weighted by atomic mass is 9.86. The summed E-state index contributed by atoms with van der Waals surface area (Å²) in [5, 5.41) is 15.7. The van der Waals surface area contributed by atoms with Crippen LogP contribution in [-0.4, -0.2) is 0 Å². The van der Waals surface area contributed by atoms with Gasteiger partial charge >= 0.3 is 0 Å². The second kappa shape index (κ2) is 16.1. The summed E-state index contributed by atoms with van der Waals surface area (Å²) in [6, 6.07) is 87.6. The summed E-state index contributed by atoms with van der Waals surface area (Å²) in [5.74, 6) is 0. The zero-order chi connectivity index (χ0) is 50.5. The predicted molar refractivity (Wildman–Crippen MR) is 326 cm³/mol. The lowest BCUT2D eigenvalue weighted by Gasteiger charge is -2.17. The van der Waals surface area contributed by atoms with E-state index in [1.807, 2.05) is 0 Å². The van der Waals surface area contributed by atoms with Gasteiger partial charge in [-0.2, -0.15) is 0 Å². The van der Waals surface area contributed by atoms with Crippen LogP contribution in [0, 0.1) is 27.7 Å². The molecule has 0 amide bonds. The first-order chi connectivity index (χ1) is 37.3. The molecule has 0 aromatic heterocycles. The molecule has 0 saturated heterocycles. The van der Waals surface area contributed by atoms with Crippen molar-refractivity contribution < 1.29 is 0 Å². The van der Waals surface area contributed by atoms with Gasteiger partial charge in [0.25, 0.3) is 0 Å². The van der Waals surface area contributed by atoms with E-state index in [-0.39, 0.29) is 0 Å². The predicted octanol–water partition coefficient (Wildman–Crippen LogP) is 21.5. The van der Waals surface area contributed by atoms with Crippen LogP contribution in [0.5, 0.6) is 0 Å². The molecule has 0 heterocycles. The zero-order valence-corrected chi connectivity index (χ0v) is 42.9. The molecule has 0 bridgehead atoms. The third-order valence-electron chi connectivity index (χ3n) is 17.3. The van der Waals surface area contributed by atoms with Crippen molar-refractivity contribution in [3.8, 4) is 100 Å². The smallest absolute Gasteiger partial charge is 0.00137 e. The Labute approximate surface area is 442 Å². The Balaban J connectivity index is 0.834. The van der Waals surface area contributed by atoms with Crippen LogP contribution in [-0.2, 0) is 0 Å². The Bertz CT molecular complexity index is 4840. The third kappa shape index (κ3) is 6.19. The fraction of sp³-hybridized carbons (Fsp3) is 0.0526. The molecule has 0 heteroatoms. The van der Waals surface area contributed by atoms with Crippen LogP contribution in [0.2, 0.25) is 0 Å². The van der Waals surface area contributed by atoms with Crippen LogP contribution in [0.25, 0.3) is 165 Å². The van der Waals surface area contributed by atoms with E-state index in [1.54, 1.807) is 0 Å². The average Bonchev–Trinajstić information content (AvgIpc) is 4.05. The minimum absolute atomic E-state index is 1.20. The highest BCUT2D eigenvalue weighted by atomic mass is 14.3. The molecule has 0 fully saturated rings. The Morgan fingerprint density at radius 1 is 0.184 bits per heavy atom. The van der Waals surface area contributed by atoms with E-state index in [4.69, 9.17) is 0 Å². The van der Waals surface area contributed by atoms with Crippen LogP contribution in [0.3, 0.4) is 0 Å². The standard InChI is InChI=1S/C76H50/c1-43-19-30-56-63(36-43)61(39-67-59-31-20-45(3)73-72-46(4)35-44(2)37-69(72)71(75(59)73)42-66(56)67)51-25-21-48(22-26-51)49-23-27-52(28-24-49)62-40-68-60-34-33-54(50-15-9-6-10-16-50)74-58-18-12-11-17-55(58)70(76(60)74)41-65(68)57-32-29-53(38-64(57)62)47-13-7-5-8-14-47/h5-42H,1-4H3. The molecule has 76 heavy (non-hydrogen) atoms. The molecule has 16 rings (SSSR count). The monoisotopic (exact) mass is 962 g/mol. The van der Waals surface area contributed by atoms with Crippen LogP contribution >= 0.6 is 0 Å². The van der Waals surface area contributed by atoms with Gasteiger partial charge < -0.3 is 0 Å². The van der Waals surface area contributed by atoms with Gasteiger partial charge in [-0.05, 0) is 234 Å². The van der Waals surface area contributed by atoms with Crippen LogP contribution in [0.15, 0.2) is 231 Å². The summed E-state index contributed by atoms with van der Waals surface area (Å²) in [7, 11) is 0. The summed E-state index contributed by atoms with van der Waals surface area (Å²) in [6.45, 7) is 9.00. The van der Waals surface area contributed by atoms with E-state index in [0.717, 1.165) is 0 Å². The molecular weight excluding hydrogens is 913 g/mol. The maximum absolute atomic E-state index is 2.50. The van der Waals surface area contributed by atoms with E-state index in [9.17, 15) is 0 Å². The van der Waals surface area contributed by atoms with Crippen molar-refractivity contribution in [3.05, 3.63) is 253 Å². The molecule has 354 valence electrons. The number of benzene rings is 14. The topological polar surface area (TPSA) is 0 Å². The number of hydrogen-bond donors (Lipinski definition) is 0. The maximum atomic E-state index is 2.50. The molecule has 0 unspecified atom stereocenters. The molecule has 0 atom stereocenters. The minimum atomic E-state index is 1.20. The molecule has 2 aliphatic rings. The van der Waals surface area contributed by atoms with Gasteiger partial charge in [-0.15, -0.1) is 0 Å². The number of rotatable bonds is 5. The number of aryl methyl sites for hydroxylation is 4. The average molecular weight is 963 g/mol. The second-order valence-corrected chi connectivity index (χ2v) is 21.7. The lowest BCUT2D eigenvalue weighted by molar-refractivity contribution is 1.38. The maximum Gasteiger partial charge on any atom is -0.00137 e. The Kier molecular flexibility index (Phi) is 9.11. The van der Waals surface area contributed by atoms with E-state index in [1.165, 1.54) is 187 Å². The fourth-order valence-corrected chi connectivity index (χ4v) is 13.8. The van der Waals surface area contributed by atoms with Gasteiger partial charge in [-0.3, -0.25) is 0 Å². The van der Waals surface area contributed by atoms with Crippen LogP contribution in [0.4, 0.5) is 0 Å². The number of fused-ring (bicyclic) bond motifs is 14. The molecule has 14 aromatic rings. The highest BCUT2D eigenvalue weighted by molar-refractivity contribution is 6.31. The molecule has 0 aliphatic heterocycles. The van der Waals surface area contributed by atoms with E-state index < -0.39 is 0 Å². The van der Waals surface area contributed by atoms with Crippen molar-refractivity contribution in [2.24, 2.45) is 0 Å². The largest absolute Gasteiger partial charge is 0.0622 e. The van der Waals surface area contributed by atoms with E-state index in [0.29, 0.717) is 0 Å². The van der Waals surface area contributed by atoms with Gasteiger partial charge in [0.2, 0.25) is 0 Å².